The van der Waals surface area contributed by atoms with Crippen molar-refractivity contribution >= 4 is 27.8 Å². The number of aromatic amines is 1. The molecule has 2 aromatic carbocycles. The Kier molecular flexibility index (Phi) is 4.57. The summed E-state index contributed by atoms with van der Waals surface area (Å²) in [6.45, 7) is 1.50. The van der Waals surface area contributed by atoms with Crippen LogP contribution in [0, 0.1) is 0 Å². The molecular weight excluding hydrogens is 308 g/mol. The van der Waals surface area contributed by atoms with Crippen molar-refractivity contribution in [3.63, 3.8) is 0 Å². The molecule has 0 fully saturated rings. The third-order valence-electron chi connectivity index (χ3n) is 3.48. The first kappa shape index (κ1) is 15.5. The lowest BCUT2D eigenvalue weighted by molar-refractivity contribution is -0.109. The number of nitrogens with zero attached hydrogens (tertiary/aromatic N) is 1. The van der Waals surface area contributed by atoms with Gasteiger partial charge in [-0.25, -0.2) is 4.98 Å². The molecule has 0 amide bonds. The molecule has 1 aromatic heterocycles. The summed E-state index contributed by atoms with van der Waals surface area (Å²) in [7, 11) is 0. The largest absolute Gasteiger partial charge is 0.309 e. The zero-order valence-corrected chi connectivity index (χ0v) is 13.5. The molecule has 0 atom stereocenters. The average Bonchev–Trinajstić information content (AvgIpc) is 2.53. The summed E-state index contributed by atoms with van der Waals surface area (Å²) in [4.78, 5) is 30.4. The second kappa shape index (κ2) is 6.79. The van der Waals surface area contributed by atoms with Crippen LogP contribution in [0.15, 0.2) is 53.3 Å². The maximum Gasteiger partial charge on any atom is 0.258 e. The average molecular weight is 324 g/mol. The maximum atomic E-state index is 12.1. The van der Waals surface area contributed by atoms with Gasteiger partial charge < -0.3 is 4.98 Å². The van der Waals surface area contributed by atoms with E-state index in [0.29, 0.717) is 22.5 Å². The van der Waals surface area contributed by atoms with E-state index in [4.69, 9.17) is 0 Å². The molecule has 0 saturated carbocycles. The number of rotatable bonds is 4. The molecule has 1 N–H and O–H groups in total. The van der Waals surface area contributed by atoms with E-state index >= 15 is 0 Å². The van der Waals surface area contributed by atoms with Crippen molar-refractivity contribution in [2.75, 3.05) is 0 Å². The van der Waals surface area contributed by atoms with Crippen molar-refractivity contribution in [2.45, 2.75) is 19.1 Å². The number of carbonyl (C=O) groups excluding carboxylic acids is 1. The highest BCUT2D eigenvalue weighted by Gasteiger charge is 2.07. The standard InChI is InChI=1S/C18H16N2O2S/c1-12(21)23-11-17-19-16-10-14(7-8-15(16)18(22)20-17)9-13-5-3-2-4-6-13/h2-8,10H,9,11H2,1H3,(H,19,20,22). The van der Waals surface area contributed by atoms with Crippen LogP contribution in [0.3, 0.4) is 0 Å². The Bertz CT molecular complexity index is 904. The zero-order chi connectivity index (χ0) is 16.2. The van der Waals surface area contributed by atoms with Crippen LogP contribution in [0.4, 0.5) is 0 Å². The lowest BCUT2D eigenvalue weighted by Gasteiger charge is -2.05. The van der Waals surface area contributed by atoms with E-state index < -0.39 is 0 Å². The lowest BCUT2D eigenvalue weighted by Crippen LogP contribution is -2.11. The zero-order valence-electron chi connectivity index (χ0n) is 12.7. The highest BCUT2D eigenvalue weighted by Crippen LogP contribution is 2.16. The fourth-order valence-electron chi connectivity index (χ4n) is 2.41. The van der Waals surface area contributed by atoms with Crippen molar-refractivity contribution in [3.8, 4) is 0 Å². The number of benzene rings is 2. The molecule has 0 aliphatic rings. The van der Waals surface area contributed by atoms with Crippen LogP contribution in [-0.2, 0) is 17.0 Å². The van der Waals surface area contributed by atoms with Gasteiger partial charge in [0, 0.05) is 6.92 Å². The van der Waals surface area contributed by atoms with Crippen molar-refractivity contribution in [2.24, 2.45) is 0 Å². The van der Waals surface area contributed by atoms with Crippen LogP contribution in [-0.4, -0.2) is 15.1 Å². The normalized spacial score (nSPS) is 10.8. The summed E-state index contributed by atoms with van der Waals surface area (Å²) < 4.78 is 0. The van der Waals surface area contributed by atoms with Gasteiger partial charge in [0.1, 0.15) is 5.82 Å². The van der Waals surface area contributed by atoms with Gasteiger partial charge in [-0.2, -0.15) is 0 Å². The molecule has 116 valence electrons. The Morgan fingerprint density at radius 1 is 1.13 bits per heavy atom. The van der Waals surface area contributed by atoms with Crippen LogP contribution in [0.5, 0.6) is 0 Å². The predicted molar refractivity (Wildman–Crippen MR) is 93.6 cm³/mol. The number of hydrogen-bond acceptors (Lipinski definition) is 4. The molecule has 1 heterocycles. The van der Waals surface area contributed by atoms with Crippen LogP contribution in [0.1, 0.15) is 23.9 Å². The van der Waals surface area contributed by atoms with Crippen molar-refractivity contribution in [1.82, 2.24) is 9.97 Å². The molecule has 0 saturated heterocycles. The van der Waals surface area contributed by atoms with Gasteiger partial charge in [-0.1, -0.05) is 48.2 Å². The molecule has 0 aliphatic carbocycles. The van der Waals surface area contributed by atoms with Crippen LogP contribution in [0.25, 0.3) is 10.9 Å². The molecule has 5 heteroatoms. The molecule has 4 nitrogen and oxygen atoms in total. The quantitative estimate of drug-likeness (QED) is 0.800. The van der Waals surface area contributed by atoms with E-state index in [1.807, 2.05) is 30.3 Å². The summed E-state index contributed by atoms with van der Waals surface area (Å²) in [5.74, 6) is 0.906. The van der Waals surface area contributed by atoms with E-state index in [1.165, 1.54) is 12.5 Å². The first-order chi connectivity index (χ1) is 11.1. The van der Waals surface area contributed by atoms with E-state index in [9.17, 15) is 9.59 Å². The van der Waals surface area contributed by atoms with Gasteiger partial charge in [-0.05, 0) is 29.7 Å². The van der Waals surface area contributed by atoms with Gasteiger partial charge in [-0.15, -0.1) is 0 Å². The topological polar surface area (TPSA) is 62.8 Å². The summed E-state index contributed by atoms with van der Waals surface area (Å²) in [5.41, 5.74) is 2.82. The second-order valence-corrected chi connectivity index (χ2v) is 6.46. The summed E-state index contributed by atoms with van der Waals surface area (Å²) in [5, 5.41) is 0.573. The molecule has 23 heavy (non-hydrogen) atoms. The van der Waals surface area contributed by atoms with Crippen LogP contribution >= 0.6 is 11.8 Å². The van der Waals surface area contributed by atoms with E-state index in [-0.39, 0.29) is 10.7 Å². The monoisotopic (exact) mass is 324 g/mol. The Morgan fingerprint density at radius 3 is 2.65 bits per heavy atom. The molecule has 0 aliphatic heterocycles. The minimum Gasteiger partial charge on any atom is -0.309 e. The number of aromatic nitrogens is 2. The lowest BCUT2D eigenvalue weighted by atomic mass is 10.0. The number of H-pyrrole nitrogens is 1. The van der Waals surface area contributed by atoms with Crippen molar-refractivity contribution < 1.29 is 4.79 Å². The summed E-state index contributed by atoms with van der Waals surface area (Å²) in [6, 6.07) is 15.9. The minimum absolute atomic E-state index is 0.00516. The Balaban J connectivity index is 1.94. The van der Waals surface area contributed by atoms with E-state index in [2.05, 4.69) is 22.1 Å². The first-order valence-electron chi connectivity index (χ1n) is 7.31. The smallest absolute Gasteiger partial charge is 0.258 e. The molecule has 0 radical (unpaired) electrons. The van der Waals surface area contributed by atoms with E-state index in [0.717, 1.165) is 23.7 Å². The number of nitrogens with one attached hydrogen (secondary N) is 1. The summed E-state index contributed by atoms with van der Waals surface area (Å²) in [6.07, 6.45) is 0.794. The van der Waals surface area contributed by atoms with Gasteiger partial charge in [-0.3, -0.25) is 9.59 Å². The predicted octanol–water partition coefficient (Wildman–Crippen LogP) is 3.29. The number of carbonyl (C=O) groups is 1. The van der Waals surface area contributed by atoms with Gasteiger partial charge in [0.15, 0.2) is 5.12 Å². The van der Waals surface area contributed by atoms with Crippen LogP contribution < -0.4 is 5.56 Å². The number of fused-ring (bicyclic) bond motifs is 1. The highest BCUT2D eigenvalue weighted by molar-refractivity contribution is 8.12. The van der Waals surface area contributed by atoms with Gasteiger partial charge >= 0.3 is 0 Å². The van der Waals surface area contributed by atoms with Gasteiger partial charge in [0.05, 0.1) is 16.7 Å². The molecule has 0 bridgehead atoms. The Morgan fingerprint density at radius 2 is 1.91 bits per heavy atom. The minimum atomic E-state index is -0.166. The van der Waals surface area contributed by atoms with Gasteiger partial charge in [0.25, 0.3) is 5.56 Å². The SMILES string of the molecule is CC(=O)SCc1nc2cc(Cc3ccccc3)ccc2c(=O)[nH]1. The maximum absolute atomic E-state index is 12.1. The van der Waals surface area contributed by atoms with Crippen molar-refractivity contribution in [1.29, 1.82) is 0 Å². The Hall–Kier alpha value is -2.40. The third kappa shape index (κ3) is 3.87. The molecule has 3 rings (SSSR count). The number of thioether (sulfide) groups is 1. The molecule has 0 unspecified atom stereocenters. The highest BCUT2D eigenvalue weighted by atomic mass is 32.2. The second-order valence-electron chi connectivity index (χ2n) is 5.31. The fraction of sp³-hybridized carbons (Fsp3) is 0.167. The molecule has 3 aromatic rings. The van der Waals surface area contributed by atoms with Crippen LogP contribution in [0.2, 0.25) is 0 Å². The first-order valence-corrected chi connectivity index (χ1v) is 8.29. The summed E-state index contributed by atoms with van der Waals surface area (Å²) >= 11 is 1.14. The Labute approximate surface area is 138 Å². The number of hydrogen-bond donors (Lipinski definition) is 1. The van der Waals surface area contributed by atoms with Gasteiger partial charge in [0.2, 0.25) is 0 Å². The fourth-order valence-corrected chi connectivity index (χ4v) is 2.89. The third-order valence-corrected chi connectivity index (χ3v) is 4.31. The molecular formula is C18H16N2O2S. The van der Waals surface area contributed by atoms with Crippen molar-refractivity contribution in [3.05, 3.63) is 75.8 Å². The van der Waals surface area contributed by atoms with E-state index in [1.54, 1.807) is 6.07 Å². The molecule has 0 spiro atoms.